The minimum absolute atomic E-state index is 0.236. The van der Waals surface area contributed by atoms with E-state index >= 15 is 0 Å². The van der Waals surface area contributed by atoms with Gasteiger partial charge in [-0.3, -0.25) is 0 Å². The van der Waals surface area contributed by atoms with Gasteiger partial charge in [0.1, 0.15) is 0 Å². The zero-order valence-electron chi connectivity index (χ0n) is 12.8. The molecule has 3 nitrogen and oxygen atoms in total. The molecule has 1 aromatic carbocycles. The molecule has 0 aliphatic carbocycles. The second-order valence-electron chi connectivity index (χ2n) is 5.20. The van der Waals surface area contributed by atoms with Crippen molar-refractivity contribution in [2.24, 2.45) is 0 Å². The van der Waals surface area contributed by atoms with Crippen LogP contribution in [0.3, 0.4) is 0 Å². The molecule has 1 aromatic rings. The summed E-state index contributed by atoms with van der Waals surface area (Å²) >= 11 is 0. The Bertz CT molecular complexity index is 377. The first kappa shape index (κ1) is 16.2. The molecule has 108 valence electrons. The summed E-state index contributed by atoms with van der Waals surface area (Å²) in [5, 5.41) is 3.31. The molecule has 0 aliphatic rings. The van der Waals surface area contributed by atoms with E-state index in [-0.39, 0.29) is 12.1 Å². The number of rotatable bonds is 8. The molecule has 0 aliphatic heterocycles. The van der Waals surface area contributed by atoms with Crippen molar-refractivity contribution in [2.75, 3.05) is 26.9 Å². The highest BCUT2D eigenvalue weighted by Gasteiger charge is 2.11. The lowest BCUT2D eigenvalue weighted by Crippen LogP contribution is -2.24. The van der Waals surface area contributed by atoms with Crippen molar-refractivity contribution < 1.29 is 9.47 Å². The summed E-state index contributed by atoms with van der Waals surface area (Å²) in [5.74, 6) is 0. The summed E-state index contributed by atoms with van der Waals surface area (Å²) in [7, 11) is 1.97. The highest BCUT2D eigenvalue weighted by Crippen LogP contribution is 2.19. The van der Waals surface area contributed by atoms with Crippen LogP contribution in [-0.2, 0) is 9.47 Å². The lowest BCUT2D eigenvalue weighted by Gasteiger charge is -2.19. The number of likely N-dealkylation sites (N-methyl/N-ethyl adjacent to an activating group) is 1. The minimum atomic E-state index is 0.236. The summed E-state index contributed by atoms with van der Waals surface area (Å²) in [5.41, 5.74) is 3.90. The van der Waals surface area contributed by atoms with Gasteiger partial charge in [0, 0.05) is 0 Å². The normalized spacial score (nSPS) is 12.9. The Balaban J connectivity index is 2.45. The van der Waals surface area contributed by atoms with Crippen LogP contribution >= 0.6 is 0 Å². The average molecular weight is 265 g/mol. The smallest absolute Gasteiger partial charge is 0.0703 e. The van der Waals surface area contributed by atoms with E-state index in [1.54, 1.807) is 0 Å². The fourth-order valence-corrected chi connectivity index (χ4v) is 2.09. The summed E-state index contributed by atoms with van der Waals surface area (Å²) in [6.45, 7) is 10.3. The van der Waals surface area contributed by atoms with Crippen molar-refractivity contribution in [1.82, 2.24) is 5.32 Å². The van der Waals surface area contributed by atoms with Crippen LogP contribution in [0.15, 0.2) is 18.2 Å². The highest BCUT2D eigenvalue weighted by molar-refractivity contribution is 5.32. The molecule has 0 fully saturated rings. The van der Waals surface area contributed by atoms with E-state index in [4.69, 9.17) is 9.47 Å². The summed E-state index contributed by atoms with van der Waals surface area (Å²) in [6, 6.07) is 6.77. The molecule has 19 heavy (non-hydrogen) atoms. The minimum Gasteiger partial charge on any atom is -0.377 e. The zero-order valence-corrected chi connectivity index (χ0v) is 12.8. The monoisotopic (exact) mass is 265 g/mol. The van der Waals surface area contributed by atoms with Gasteiger partial charge in [-0.25, -0.2) is 0 Å². The van der Waals surface area contributed by atoms with Gasteiger partial charge >= 0.3 is 0 Å². The van der Waals surface area contributed by atoms with E-state index in [9.17, 15) is 0 Å². The van der Waals surface area contributed by atoms with Crippen molar-refractivity contribution in [1.29, 1.82) is 0 Å². The Labute approximate surface area is 117 Å². The van der Waals surface area contributed by atoms with Crippen LogP contribution in [0.1, 0.15) is 36.6 Å². The molecule has 0 spiro atoms. The van der Waals surface area contributed by atoms with Crippen LogP contribution < -0.4 is 5.32 Å². The Morgan fingerprint density at radius 3 is 2.47 bits per heavy atom. The van der Waals surface area contributed by atoms with E-state index < -0.39 is 0 Å². The van der Waals surface area contributed by atoms with Gasteiger partial charge in [-0.15, -0.1) is 0 Å². The van der Waals surface area contributed by atoms with Crippen molar-refractivity contribution in [3.63, 3.8) is 0 Å². The molecule has 1 N–H and O–H groups in total. The molecule has 0 heterocycles. The molecule has 1 rings (SSSR count). The van der Waals surface area contributed by atoms with Gasteiger partial charge in [-0.2, -0.15) is 0 Å². The van der Waals surface area contributed by atoms with Gasteiger partial charge in [0.2, 0.25) is 0 Å². The SMILES string of the molecule is CNC(COCCOC(C)C)c1ccc(C)cc1C. The molecule has 3 heteroatoms. The molecule has 0 amide bonds. The van der Waals surface area contributed by atoms with Gasteiger partial charge in [-0.05, 0) is 45.9 Å². The van der Waals surface area contributed by atoms with Gasteiger partial charge in [0.05, 0.1) is 32.0 Å². The predicted octanol–water partition coefficient (Wildman–Crippen LogP) is 3.01. The van der Waals surface area contributed by atoms with Crippen LogP contribution in [-0.4, -0.2) is 33.0 Å². The fourth-order valence-electron chi connectivity index (χ4n) is 2.09. The molecule has 0 saturated carbocycles. The Morgan fingerprint density at radius 2 is 1.89 bits per heavy atom. The maximum absolute atomic E-state index is 5.69. The zero-order chi connectivity index (χ0) is 14.3. The highest BCUT2D eigenvalue weighted by atomic mass is 16.5. The second-order valence-corrected chi connectivity index (χ2v) is 5.20. The van der Waals surface area contributed by atoms with Gasteiger partial charge in [-0.1, -0.05) is 23.8 Å². The van der Waals surface area contributed by atoms with Crippen LogP contribution in [0.25, 0.3) is 0 Å². The number of benzene rings is 1. The van der Waals surface area contributed by atoms with E-state index in [2.05, 4.69) is 37.4 Å². The molecule has 1 atom stereocenters. The summed E-state index contributed by atoms with van der Waals surface area (Å²) in [6.07, 6.45) is 0.267. The lowest BCUT2D eigenvalue weighted by atomic mass is 10.00. The number of aryl methyl sites for hydroxylation is 2. The van der Waals surface area contributed by atoms with Gasteiger partial charge in [0.15, 0.2) is 0 Å². The van der Waals surface area contributed by atoms with Crippen LogP contribution in [0.5, 0.6) is 0 Å². The van der Waals surface area contributed by atoms with E-state index in [0.717, 1.165) is 0 Å². The topological polar surface area (TPSA) is 30.5 Å². The molecule has 0 aromatic heterocycles. The van der Waals surface area contributed by atoms with Gasteiger partial charge < -0.3 is 14.8 Å². The Hall–Kier alpha value is -0.900. The predicted molar refractivity (Wildman–Crippen MR) is 79.6 cm³/mol. The third kappa shape index (κ3) is 5.72. The second kappa shape index (κ2) is 8.31. The lowest BCUT2D eigenvalue weighted by molar-refractivity contribution is 0.0141. The Kier molecular flexibility index (Phi) is 7.06. The molecular weight excluding hydrogens is 238 g/mol. The molecule has 1 unspecified atom stereocenters. The number of hydrogen-bond donors (Lipinski definition) is 1. The first-order valence-corrected chi connectivity index (χ1v) is 6.98. The van der Waals surface area contributed by atoms with Crippen LogP contribution in [0.4, 0.5) is 0 Å². The average Bonchev–Trinajstić information content (AvgIpc) is 2.34. The quantitative estimate of drug-likeness (QED) is 0.733. The van der Waals surface area contributed by atoms with Crippen molar-refractivity contribution in [2.45, 2.75) is 39.8 Å². The standard InChI is InChI=1S/C16H27NO2/c1-12(2)19-9-8-18-11-16(17-5)15-7-6-13(3)10-14(15)4/h6-7,10,12,16-17H,8-9,11H2,1-5H3. The van der Waals surface area contributed by atoms with E-state index in [1.807, 2.05) is 20.9 Å². The summed E-state index contributed by atoms with van der Waals surface area (Å²) < 4.78 is 11.1. The molecule has 0 radical (unpaired) electrons. The van der Waals surface area contributed by atoms with E-state index in [0.29, 0.717) is 19.8 Å². The summed E-state index contributed by atoms with van der Waals surface area (Å²) in [4.78, 5) is 0. The maximum Gasteiger partial charge on any atom is 0.0703 e. The third-order valence-electron chi connectivity index (χ3n) is 3.11. The fraction of sp³-hybridized carbons (Fsp3) is 0.625. The van der Waals surface area contributed by atoms with Crippen LogP contribution in [0.2, 0.25) is 0 Å². The number of ether oxygens (including phenoxy) is 2. The van der Waals surface area contributed by atoms with Crippen molar-refractivity contribution in [3.05, 3.63) is 34.9 Å². The molecule has 0 bridgehead atoms. The number of hydrogen-bond acceptors (Lipinski definition) is 3. The molecular formula is C16H27NO2. The maximum atomic E-state index is 5.69. The Morgan fingerprint density at radius 1 is 1.16 bits per heavy atom. The number of nitrogens with one attached hydrogen (secondary N) is 1. The molecule has 0 saturated heterocycles. The van der Waals surface area contributed by atoms with Crippen LogP contribution in [0, 0.1) is 13.8 Å². The first-order valence-electron chi connectivity index (χ1n) is 6.98. The third-order valence-corrected chi connectivity index (χ3v) is 3.11. The van der Waals surface area contributed by atoms with Crippen molar-refractivity contribution in [3.8, 4) is 0 Å². The first-order chi connectivity index (χ1) is 9.04. The van der Waals surface area contributed by atoms with Gasteiger partial charge in [0.25, 0.3) is 0 Å². The van der Waals surface area contributed by atoms with E-state index in [1.165, 1.54) is 16.7 Å². The largest absolute Gasteiger partial charge is 0.377 e. The van der Waals surface area contributed by atoms with Crippen molar-refractivity contribution >= 4 is 0 Å².